The number of halogens is 1. The third kappa shape index (κ3) is 3.65. The summed E-state index contributed by atoms with van der Waals surface area (Å²) in [5.74, 6) is -0.316. The second kappa shape index (κ2) is 6.50. The van der Waals surface area contributed by atoms with Crippen molar-refractivity contribution >= 4 is 20.9 Å². The summed E-state index contributed by atoms with van der Waals surface area (Å²) in [5, 5.41) is 0.859. The van der Waals surface area contributed by atoms with Gasteiger partial charge >= 0.3 is 0 Å². The molecule has 0 aliphatic heterocycles. The highest BCUT2D eigenvalue weighted by atomic mass is 32.2. The van der Waals surface area contributed by atoms with Crippen LogP contribution in [0.2, 0.25) is 0 Å². The Labute approximate surface area is 152 Å². The fraction of sp³-hybridized carbons (Fsp3) is 0.263. The number of hydrogen-bond donors (Lipinski definition) is 3. The number of fused-ring (bicyclic) bond motifs is 1. The van der Waals surface area contributed by atoms with E-state index in [0.717, 1.165) is 16.5 Å². The Kier molecular flexibility index (Phi) is 4.64. The highest BCUT2D eigenvalue weighted by Crippen LogP contribution is 2.31. The van der Waals surface area contributed by atoms with Crippen molar-refractivity contribution in [3.8, 4) is 11.1 Å². The number of hydrogen-bond acceptors (Lipinski definition) is 3. The van der Waals surface area contributed by atoms with Crippen LogP contribution in [0, 0.1) is 5.82 Å². The van der Waals surface area contributed by atoms with E-state index in [9.17, 15) is 12.8 Å². The van der Waals surface area contributed by atoms with E-state index in [1.165, 1.54) is 12.1 Å². The smallest absolute Gasteiger partial charge is 0.241 e. The molecule has 138 valence electrons. The Morgan fingerprint density at radius 1 is 1.15 bits per heavy atom. The molecule has 0 fully saturated rings. The molecule has 3 aromatic rings. The van der Waals surface area contributed by atoms with Crippen LogP contribution in [0.5, 0.6) is 0 Å². The molecular weight excluding hydrogens is 353 g/mol. The third-order valence-corrected chi connectivity index (χ3v) is 5.82. The summed E-state index contributed by atoms with van der Waals surface area (Å²) in [6, 6.07) is 9.59. The fourth-order valence-corrected chi connectivity index (χ4v) is 4.61. The van der Waals surface area contributed by atoms with Gasteiger partial charge in [-0.15, -0.1) is 0 Å². The lowest BCUT2D eigenvalue weighted by Gasteiger charge is -2.21. The second-order valence-electron chi connectivity index (χ2n) is 7.27. The van der Waals surface area contributed by atoms with Crippen LogP contribution < -0.4 is 10.5 Å². The van der Waals surface area contributed by atoms with Gasteiger partial charge in [-0.05, 0) is 62.2 Å². The van der Waals surface area contributed by atoms with Crippen molar-refractivity contribution < 1.29 is 12.8 Å². The predicted molar refractivity (Wildman–Crippen MR) is 102 cm³/mol. The van der Waals surface area contributed by atoms with Crippen molar-refractivity contribution in [2.24, 2.45) is 5.73 Å². The Balaban J connectivity index is 2.09. The Morgan fingerprint density at radius 3 is 2.54 bits per heavy atom. The number of rotatable bonds is 4. The average Bonchev–Trinajstić information content (AvgIpc) is 2.94. The number of aromatic nitrogens is 1. The summed E-state index contributed by atoms with van der Waals surface area (Å²) in [7, 11) is -3.68. The van der Waals surface area contributed by atoms with Crippen molar-refractivity contribution in [3.63, 3.8) is 0 Å². The van der Waals surface area contributed by atoms with Crippen LogP contribution >= 0.6 is 0 Å². The van der Waals surface area contributed by atoms with Crippen LogP contribution in [0.25, 0.3) is 22.0 Å². The van der Waals surface area contributed by atoms with E-state index in [-0.39, 0.29) is 17.3 Å². The van der Waals surface area contributed by atoms with Gasteiger partial charge in [-0.25, -0.2) is 17.5 Å². The molecule has 26 heavy (non-hydrogen) atoms. The molecule has 1 heterocycles. The van der Waals surface area contributed by atoms with Crippen molar-refractivity contribution in [1.29, 1.82) is 0 Å². The normalized spacial score (nSPS) is 12.7. The van der Waals surface area contributed by atoms with Gasteiger partial charge in [-0.1, -0.05) is 6.07 Å². The lowest BCUT2D eigenvalue weighted by Crippen LogP contribution is -2.40. The molecule has 0 aliphatic carbocycles. The van der Waals surface area contributed by atoms with Crippen LogP contribution in [0.1, 0.15) is 26.3 Å². The molecule has 0 unspecified atom stereocenters. The zero-order chi connectivity index (χ0) is 19.1. The summed E-state index contributed by atoms with van der Waals surface area (Å²) < 4.78 is 41.3. The maximum atomic E-state index is 13.4. The molecule has 7 heteroatoms. The summed E-state index contributed by atoms with van der Waals surface area (Å²) in [6.07, 6.45) is 1.78. The van der Waals surface area contributed by atoms with Gasteiger partial charge in [0.25, 0.3) is 0 Å². The maximum absolute atomic E-state index is 13.4. The quantitative estimate of drug-likeness (QED) is 0.652. The van der Waals surface area contributed by atoms with Gasteiger partial charge < -0.3 is 10.7 Å². The zero-order valence-corrected chi connectivity index (χ0v) is 15.7. The van der Waals surface area contributed by atoms with Crippen molar-refractivity contribution in [2.75, 3.05) is 0 Å². The molecule has 0 saturated carbocycles. The molecule has 3 rings (SSSR count). The third-order valence-electron chi connectivity index (χ3n) is 3.97. The van der Waals surface area contributed by atoms with Gasteiger partial charge in [0.05, 0.1) is 4.90 Å². The minimum Gasteiger partial charge on any atom is -0.360 e. The topological polar surface area (TPSA) is 88.0 Å². The first kappa shape index (κ1) is 18.6. The molecular formula is C19H22FN3O2S. The van der Waals surface area contributed by atoms with Gasteiger partial charge in [-0.3, -0.25) is 0 Å². The first-order valence-corrected chi connectivity index (χ1v) is 9.73. The van der Waals surface area contributed by atoms with Crippen molar-refractivity contribution in [3.05, 3.63) is 54.0 Å². The van der Waals surface area contributed by atoms with Crippen LogP contribution in [-0.4, -0.2) is 18.9 Å². The summed E-state index contributed by atoms with van der Waals surface area (Å²) >= 11 is 0. The first-order valence-electron chi connectivity index (χ1n) is 8.25. The van der Waals surface area contributed by atoms with Gasteiger partial charge in [0.1, 0.15) is 5.82 Å². The Morgan fingerprint density at radius 2 is 1.88 bits per heavy atom. The van der Waals surface area contributed by atoms with E-state index >= 15 is 0 Å². The molecule has 0 atom stereocenters. The summed E-state index contributed by atoms with van der Waals surface area (Å²) in [6.45, 7) is 5.44. The number of aromatic amines is 1. The van der Waals surface area contributed by atoms with E-state index < -0.39 is 15.6 Å². The number of sulfonamides is 1. The van der Waals surface area contributed by atoms with E-state index in [1.807, 2.05) is 0 Å². The van der Waals surface area contributed by atoms with E-state index in [0.29, 0.717) is 11.1 Å². The number of nitrogens with two attached hydrogens (primary N) is 1. The Bertz CT molecular complexity index is 1070. The first-order chi connectivity index (χ1) is 12.1. The minimum absolute atomic E-state index is 0.0885. The van der Waals surface area contributed by atoms with Gasteiger partial charge in [-0.2, -0.15) is 0 Å². The van der Waals surface area contributed by atoms with Crippen molar-refractivity contribution in [2.45, 2.75) is 37.8 Å². The fourth-order valence-electron chi connectivity index (χ4n) is 2.96. The van der Waals surface area contributed by atoms with Crippen LogP contribution in [0.15, 0.2) is 47.5 Å². The monoisotopic (exact) mass is 375 g/mol. The molecule has 0 aliphatic rings. The van der Waals surface area contributed by atoms with Gasteiger partial charge in [0, 0.05) is 34.7 Å². The van der Waals surface area contributed by atoms with Gasteiger partial charge in [0.2, 0.25) is 10.0 Å². The SMILES string of the molecule is CC(C)(C)NS(=O)(=O)c1ccc(-c2c[nH]c3cc(F)ccc23)cc1CN. The van der Waals surface area contributed by atoms with Crippen LogP contribution in [0.3, 0.4) is 0 Å². The molecule has 0 amide bonds. The second-order valence-corrected chi connectivity index (χ2v) is 8.93. The molecule has 0 bridgehead atoms. The van der Waals surface area contributed by atoms with E-state index in [4.69, 9.17) is 5.73 Å². The highest BCUT2D eigenvalue weighted by Gasteiger charge is 2.24. The molecule has 4 N–H and O–H groups in total. The predicted octanol–water partition coefficient (Wildman–Crippen LogP) is 3.51. The van der Waals surface area contributed by atoms with E-state index in [2.05, 4.69) is 9.71 Å². The van der Waals surface area contributed by atoms with Crippen molar-refractivity contribution in [1.82, 2.24) is 9.71 Å². The van der Waals surface area contributed by atoms with Crippen LogP contribution in [0.4, 0.5) is 4.39 Å². The maximum Gasteiger partial charge on any atom is 0.241 e. The highest BCUT2D eigenvalue weighted by molar-refractivity contribution is 7.89. The molecule has 1 aromatic heterocycles. The minimum atomic E-state index is -3.68. The standard InChI is InChI=1S/C19H22FN3O2S/c1-19(2,3)23-26(24,25)18-7-4-12(8-13(18)10-21)16-11-22-17-9-14(20)5-6-15(16)17/h4-9,11,22-23H,10,21H2,1-3H3. The van der Waals surface area contributed by atoms with Gasteiger partial charge in [0.15, 0.2) is 0 Å². The summed E-state index contributed by atoms with van der Waals surface area (Å²) in [5.41, 5.74) is 8.11. The lowest BCUT2D eigenvalue weighted by molar-refractivity contribution is 0.491. The van der Waals surface area contributed by atoms with E-state index in [1.54, 1.807) is 51.2 Å². The summed E-state index contributed by atoms with van der Waals surface area (Å²) in [4.78, 5) is 3.21. The number of nitrogens with one attached hydrogen (secondary N) is 2. The average molecular weight is 375 g/mol. The molecule has 0 spiro atoms. The molecule has 0 saturated heterocycles. The lowest BCUT2D eigenvalue weighted by atomic mass is 10.0. The number of benzene rings is 2. The molecule has 2 aromatic carbocycles. The molecule has 5 nitrogen and oxygen atoms in total. The number of H-pyrrole nitrogens is 1. The van der Waals surface area contributed by atoms with Crippen LogP contribution in [-0.2, 0) is 16.6 Å². The zero-order valence-electron chi connectivity index (χ0n) is 14.9. The largest absolute Gasteiger partial charge is 0.360 e. The molecule has 0 radical (unpaired) electrons. The Hall–Kier alpha value is -2.22.